The van der Waals surface area contributed by atoms with Crippen LogP contribution in [0.25, 0.3) is 0 Å². The van der Waals surface area contributed by atoms with Gasteiger partial charge in [0.05, 0.1) is 18.2 Å². The molecule has 130 valence electrons. The van der Waals surface area contributed by atoms with Gasteiger partial charge in [0.25, 0.3) is 0 Å². The quantitative estimate of drug-likeness (QED) is 0.857. The van der Waals surface area contributed by atoms with Crippen LogP contribution < -0.4 is 5.32 Å². The SMILES string of the molecule is CCOC(=O)C1=C(C)N(C(C)C)C(=O)N[C@H]1c1ccc(F)cc1F. The molecule has 0 unspecified atom stereocenters. The minimum absolute atomic E-state index is 0.00978. The van der Waals surface area contributed by atoms with E-state index in [4.69, 9.17) is 4.74 Å². The Kier molecular flexibility index (Phi) is 5.21. The number of hydrogen-bond acceptors (Lipinski definition) is 3. The van der Waals surface area contributed by atoms with E-state index < -0.39 is 29.7 Å². The van der Waals surface area contributed by atoms with Gasteiger partial charge in [0.1, 0.15) is 11.6 Å². The summed E-state index contributed by atoms with van der Waals surface area (Å²) < 4.78 is 32.4. The Labute approximate surface area is 139 Å². The zero-order valence-electron chi connectivity index (χ0n) is 14.0. The number of carbonyl (C=O) groups excluding carboxylic acids is 2. The Morgan fingerprint density at radius 2 is 2.04 bits per heavy atom. The Bertz CT molecular complexity index is 701. The first kappa shape index (κ1) is 17.9. The predicted molar refractivity (Wildman–Crippen MR) is 83.9 cm³/mol. The third kappa shape index (κ3) is 3.25. The molecule has 0 spiro atoms. The predicted octanol–water partition coefficient (Wildman–Crippen LogP) is 3.28. The molecule has 0 aliphatic carbocycles. The molecule has 2 rings (SSSR count). The fourth-order valence-corrected chi connectivity index (χ4v) is 2.82. The van der Waals surface area contributed by atoms with Crippen molar-refractivity contribution >= 4 is 12.0 Å². The molecule has 0 aromatic heterocycles. The molecular weight excluding hydrogens is 318 g/mol. The highest BCUT2D eigenvalue weighted by Crippen LogP contribution is 2.33. The van der Waals surface area contributed by atoms with Crippen LogP contribution in [0.2, 0.25) is 0 Å². The van der Waals surface area contributed by atoms with Crippen LogP contribution in [-0.2, 0) is 9.53 Å². The summed E-state index contributed by atoms with van der Waals surface area (Å²) in [7, 11) is 0. The number of rotatable bonds is 4. The number of nitrogens with zero attached hydrogens (tertiary/aromatic N) is 1. The zero-order chi connectivity index (χ0) is 18.0. The van der Waals surface area contributed by atoms with Crippen LogP contribution in [-0.4, -0.2) is 29.5 Å². The van der Waals surface area contributed by atoms with Gasteiger partial charge in [-0.1, -0.05) is 6.07 Å². The van der Waals surface area contributed by atoms with Crippen molar-refractivity contribution in [2.45, 2.75) is 39.8 Å². The maximum absolute atomic E-state index is 14.2. The molecule has 0 saturated heterocycles. The number of benzene rings is 1. The van der Waals surface area contributed by atoms with Crippen LogP contribution in [0.5, 0.6) is 0 Å². The van der Waals surface area contributed by atoms with Gasteiger partial charge in [0.2, 0.25) is 0 Å². The summed E-state index contributed by atoms with van der Waals surface area (Å²) in [6.45, 7) is 7.00. The second-order valence-electron chi connectivity index (χ2n) is 5.73. The average Bonchev–Trinajstić information content (AvgIpc) is 2.46. The van der Waals surface area contributed by atoms with Crippen LogP contribution in [0, 0.1) is 11.6 Å². The number of amides is 2. The van der Waals surface area contributed by atoms with E-state index in [-0.39, 0.29) is 23.8 Å². The largest absolute Gasteiger partial charge is 0.463 e. The van der Waals surface area contributed by atoms with Crippen molar-refractivity contribution in [2.75, 3.05) is 6.61 Å². The normalized spacial score (nSPS) is 18.0. The summed E-state index contributed by atoms with van der Waals surface area (Å²) in [5.41, 5.74) is 0.534. The third-order valence-electron chi connectivity index (χ3n) is 3.81. The number of esters is 1. The summed E-state index contributed by atoms with van der Waals surface area (Å²) in [4.78, 5) is 26.2. The highest BCUT2D eigenvalue weighted by molar-refractivity contribution is 5.95. The number of nitrogens with one attached hydrogen (secondary N) is 1. The molecule has 0 fully saturated rings. The second-order valence-corrected chi connectivity index (χ2v) is 5.73. The smallest absolute Gasteiger partial charge is 0.338 e. The molecule has 5 nitrogen and oxygen atoms in total. The fraction of sp³-hybridized carbons (Fsp3) is 0.412. The van der Waals surface area contributed by atoms with Gasteiger partial charge in [-0.25, -0.2) is 18.4 Å². The summed E-state index contributed by atoms with van der Waals surface area (Å²) in [5.74, 6) is -2.22. The van der Waals surface area contributed by atoms with E-state index in [1.54, 1.807) is 27.7 Å². The number of urea groups is 1. The first-order valence-electron chi connectivity index (χ1n) is 7.70. The van der Waals surface area contributed by atoms with Crippen molar-refractivity contribution < 1.29 is 23.1 Å². The highest BCUT2D eigenvalue weighted by Gasteiger charge is 2.38. The van der Waals surface area contributed by atoms with Crippen molar-refractivity contribution in [3.05, 3.63) is 46.7 Å². The molecule has 0 bridgehead atoms. The number of hydrogen-bond donors (Lipinski definition) is 1. The van der Waals surface area contributed by atoms with Crippen molar-refractivity contribution in [3.63, 3.8) is 0 Å². The Morgan fingerprint density at radius 3 is 2.58 bits per heavy atom. The lowest BCUT2D eigenvalue weighted by atomic mass is 9.94. The molecule has 7 heteroatoms. The topological polar surface area (TPSA) is 58.6 Å². The number of halogens is 2. The van der Waals surface area contributed by atoms with Gasteiger partial charge in [0, 0.05) is 23.4 Å². The number of ether oxygens (including phenoxy) is 1. The maximum atomic E-state index is 14.2. The molecule has 0 radical (unpaired) electrons. The average molecular weight is 338 g/mol. The van der Waals surface area contributed by atoms with Crippen LogP contribution in [0.3, 0.4) is 0 Å². The van der Waals surface area contributed by atoms with E-state index in [9.17, 15) is 18.4 Å². The number of carbonyl (C=O) groups is 2. The standard InChI is InChI=1S/C17H20F2N2O3/c1-5-24-16(22)14-10(4)21(9(2)3)17(23)20-15(14)12-7-6-11(18)8-13(12)19/h6-9,15H,5H2,1-4H3,(H,20,23)/t15-/m0/s1. The van der Waals surface area contributed by atoms with Gasteiger partial charge >= 0.3 is 12.0 Å². The molecule has 2 amide bonds. The molecule has 1 N–H and O–H groups in total. The Hall–Kier alpha value is -2.44. The first-order chi connectivity index (χ1) is 11.3. The molecule has 1 aliphatic heterocycles. The van der Waals surface area contributed by atoms with E-state index in [0.29, 0.717) is 11.8 Å². The summed E-state index contributed by atoms with van der Waals surface area (Å²) in [5, 5.41) is 2.61. The number of allylic oxidation sites excluding steroid dienone is 1. The van der Waals surface area contributed by atoms with E-state index >= 15 is 0 Å². The zero-order valence-corrected chi connectivity index (χ0v) is 14.0. The maximum Gasteiger partial charge on any atom is 0.338 e. The van der Waals surface area contributed by atoms with Gasteiger partial charge < -0.3 is 10.1 Å². The van der Waals surface area contributed by atoms with Crippen LogP contribution in [0.15, 0.2) is 29.5 Å². The molecule has 1 aliphatic rings. The van der Waals surface area contributed by atoms with E-state index in [1.165, 1.54) is 11.0 Å². The monoisotopic (exact) mass is 338 g/mol. The van der Waals surface area contributed by atoms with E-state index in [0.717, 1.165) is 6.07 Å². The lowest BCUT2D eigenvalue weighted by molar-refractivity contribution is -0.139. The molecule has 24 heavy (non-hydrogen) atoms. The van der Waals surface area contributed by atoms with Gasteiger partial charge in [-0.05, 0) is 33.8 Å². The Morgan fingerprint density at radius 1 is 1.38 bits per heavy atom. The van der Waals surface area contributed by atoms with Crippen molar-refractivity contribution in [1.29, 1.82) is 0 Å². The van der Waals surface area contributed by atoms with Gasteiger partial charge in [-0.2, -0.15) is 0 Å². The fourth-order valence-electron chi connectivity index (χ4n) is 2.82. The summed E-state index contributed by atoms with van der Waals surface area (Å²) in [6.07, 6.45) is 0. The Balaban J connectivity index is 2.60. The molecule has 1 aromatic rings. The first-order valence-corrected chi connectivity index (χ1v) is 7.70. The van der Waals surface area contributed by atoms with Crippen LogP contribution in [0.4, 0.5) is 13.6 Å². The van der Waals surface area contributed by atoms with Gasteiger partial charge in [-0.3, -0.25) is 4.90 Å². The minimum Gasteiger partial charge on any atom is -0.463 e. The minimum atomic E-state index is -1.04. The van der Waals surface area contributed by atoms with E-state index in [2.05, 4.69) is 5.32 Å². The molecule has 1 heterocycles. The lowest BCUT2D eigenvalue weighted by Crippen LogP contribution is -2.50. The molecular formula is C17H20F2N2O3. The molecule has 1 atom stereocenters. The summed E-state index contributed by atoms with van der Waals surface area (Å²) in [6, 6.07) is 1.32. The summed E-state index contributed by atoms with van der Waals surface area (Å²) >= 11 is 0. The lowest BCUT2D eigenvalue weighted by Gasteiger charge is -2.37. The highest BCUT2D eigenvalue weighted by atomic mass is 19.1. The van der Waals surface area contributed by atoms with E-state index in [1.807, 2.05) is 0 Å². The van der Waals surface area contributed by atoms with Crippen molar-refractivity contribution in [2.24, 2.45) is 0 Å². The van der Waals surface area contributed by atoms with Crippen LogP contribution in [0.1, 0.15) is 39.3 Å². The van der Waals surface area contributed by atoms with Crippen LogP contribution >= 0.6 is 0 Å². The van der Waals surface area contributed by atoms with Gasteiger partial charge in [-0.15, -0.1) is 0 Å². The van der Waals surface area contributed by atoms with Crippen molar-refractivity contribution in [1.82, 2.24) is 10.2 Å². The van der Waals surface area contributed by atoms with Crippen molar-refractivity contribution in [3.8, 4) is 0 Å². The molecule has 0 saturated carbocycles. The second kappa shape index (κ2) is 6.98. The third-order valence-corrected chi connectivity index (χ3v) is 3.81. The van der Waals surface area contributed by atoms with Gasteiger partial charge in [0.15, 0.2) is 0 Å². The molecule has 1 aromatic carbocycles.